The highest BCUT2D eigenvalue weighted by Crippen LogP contribution is 2.21. The molecule has 78 valence electrons. The molecule has 1 rings (SSSR count). The highest BCUT2D eigenvalue weighted by molar-refractivity contribution is 9.09. The molecule has 0 bridgehead atoms. The third-order valence-corrected chi connectivity index (χ3v) is 3.62. The number of halogens is 1. The lowest BCUT2D eigenvalue weighted by molar-refractivity contribution is 0.106. The van der Waals surface area contributed by atoms with Gasteiger partial charge in [-0.2, -0.15) is 0 Å². The molecule has 1 N–H and O–H groups in total. The van der Waals surface area contributed by atoms with E-state index in [1.54, 1.807) is 0 Å². The van der Waals surface area contributed by atoms with Gasteiger partial charge in [-0.3, -0.25) is 0 Å². The lowest BCUT2D eigenvalue weighted by Crippen LogP contribution is -2.39. The molecule has 0 amide bonds. The van der Waals surface area contributed by atoms with Crippen LogP contribution in [0.4, 0.5) is 0 Å². The Morgan fingerprint density at radius 3 is 2.54 bits per heavy atom. The zero-order chi connectivity index (χ0) is 9.68. The molecule has 13 heavy (non-hydrogen) atoms. The molecular formula is C10H20BrNO. The Morgan fingerprint density at radius 1 is 1.38 bits per heavy atom. The fourth-order valence-corrected chi connectivity index (χ4v) is 2.26. The molecule has 0 aliphatic heterocycles. The zero-order valence-corrected chi connectivity index (χ0v) is 9.96. The molecule has 0 radical (unpaired) electrons. The van der Waals surface area contributed by atoms with Gasteiger partial charge in [0.2, 0.25) is 0 Å². The standard InChI is InChI=1S/C10H20BrNO/c1-12(8-10(13)7-11)9-5-3-2-4-6-9/h9-10,13H,2-8H2,1H3. The first kappa shape index (κ1) is 11.5. The van der Waals surface area contributed by atoms with Crippen molar-refractivity contribution in [2.24, 2.45) is 0 Å². The van der Waals surface area contributed by atoms with E-state index < -0.39 is 0 Å². The zero-order valence-electron chi connectivity index (χ0n) is 8.38. The summed E-state index contributed by atoms with van der Waals surface area (Å²) in [5, 5.41) is 10.2. The molecule has 0 aromatic heterocycles. The van der Waals surface area contributed by atoms with Crippen molar-refractivity contribution in [2.75, 3.05) is 18.9 Å². The van der Waals surface area contributed by atoms with Crippen LogP contribution in [-0.4, -0.2) is 41.1 Å². The largest absolute Gasteiger partial charge is 0.391 e. The van der Waals surface area contributed by atoms with Crippen molar-refractivity contribution in [1.29, 1.82) is 0 Å². The topological polar surface area (TPSA) is 23.5 Å². The lowest BCUT2D eigenvalue weighted by Gasteiger charge is -2.32. The molecule has 0 aromatic carbocycles. The predicted octanol–water partition coefficient (Wildman–Crippen LogP) is 2.01. The maximum atomic E-state index is 9.47. The Labute approximate surface area is 89.4 Å². The summed E-state index contributed by atoms with van der Waals surface area (Å²) in [5.74, 6) is 0. The van der Waals surface area contributed by atoms with Crippen LogP contribution in [0.5, 0.6) is 0 Å². The summed E-state index contributed by atoms with van der Waals surface area (Å²) in [6, 6.07) is 0.711. The van der Waals surface area contributed by atoms with Gasteiger partial charge in [0, 0.05) is 17.9 Å². The summed E-state index contributed by atoms with van der Waals surface area (Å²) in [6.07, 6.45) is 6.52. The molecule has 1 fully saturated rings. The van der Waals surface area contributed by atoms with Gasteiger partial charge in [0.1, 0.15) is 0 Å². The molecule has 3 heteroatoms. The molecule has 1 unspecified atom stereocenters. The van der Waals surface area contributed by atoms with E-state index in [1.165, 1.54) is 32.1 Å². The second kappa shape index (κ2) is 5.99. The van der Waals surface area contributed by atoms with Crippen molar-refractivity contribution in [3.8, 4) is 0 Å². The third-order valence-electron chi connectivity index (χ3n) is 2.87. The average molecular weight is 250 g/mol. The number of nitrogens with zero attached hydrogens (tertiary/aromatic N) is 1. The summed E-state index contributed by atoms with van der Waals surface area (Å²) < 4.78 is 0. The Kier molecular flexibility index (Phi) is 5.29. The first-order valence-corrected chi connectivity index (χ1v) is 6.30. The highest BCUT2D eigenvalue weighted by Gasteiger charge is 2.19. The molecule has 1 aliphatic carbocycles. The van der Waals surface area contributed by atoms with Gasteiger partial charge in [-0.05, 0) is 19.9 Å². The third kappa shape index (κ3) is 3.96. The first-order chi connectivity index (χ1) is 6.24. The molecule has 2 nitrogen and oxygen atoms in total. The van der Waals surface area contributed by atoms with Crippen molar-refractivity contribution in [3.63, 3.8) is 0 Å². The smallest absolute Gasteiger partial charge is 0.0763 e. The number of likely N-dealkylation sites (N-methyl/N-ethyl adjacent to an activating group) is 1. The Hall–Kier alpha value is 0.400. The van der Waals surface area contributed by atoms with Crippen LogP contribution in [0.2, 0.25) is 0 Å². The quantitative estimate of drug-likeness (QED) is 0.771. The summed E-state index contributed by atoms with van der Waals surface area (Å²) in [7, 11) is 2.13. The minimum Gasteiger partial charge on any atom is -0.391 e. The van der Waals surface area contributed by atoms with Gasteiger partial charge in [0.25, 0.3) is 0 Å². The van der Waals surface area contributed by atoms with Crippen LogP contribution in [0.1, 0.15) is 32.1 Å². The number of hydrogen-bond acceptors (Lipinski definition) is 2. The summed E-state index contributed by atoms with van der Waals surface area (Å²) >= 11 is 3.29. The van der Waals surface area contributed by atoms with Crippen molar-refractivity contribution in [2.45, 2.75) is 44.2 Å². The van der Waals surface area contributed by atoms with Crippen molar-refractivity contribution in [1.82, 2.24) is 4.90 Å². The summed E-state index contributed by atoms with van der Waals surface area (Å²) in [4.78, 5) is 2.31. The van der Waals surface area contributed by atoms with Crippen LogP contribution in [0.25, 0.3) is 0 Å². The van der Waals surface area contributed by atoms with Crippen LogP contribution in [0, 0.1) is 0 Å². The number of aliphatic hydroxyl groups excluding tert-OH is 1. The Morgan fingerprint density at radius 2 is 2.00 bits per heavy atom. The van der Waals surface area contributed by atoms with Crippen LogP contribution < -0.4 is 0 Å². The Bertz CT molecular complexity index is 137. The second-order valence-electron chi connectivity index (χ2n) is 4.04. The lowest BCUT2D eigenvalue weighted by atomic mass is 9.94. The molecule has 1 saturated carbocycles. The van der Waals surface area contributed by atoms with Crippen molar-refractivity contribution >= 4 is 15.9 Å². The predicted molar refractivity (Wildman–Crippen MR) is 59.3 cm³/mol. The molecular weight excluding hydrogens is 230 g/mol. The van der Waals surface area contributed by atoms with E-state index in [-0.39, 0.29) is 6.10 Å². The second-order valence-corrected chi connectivity index (χ2v) is 4.69. The van der Waals surface area contributed by atoms with Crippen LogP contribution in [0.15, 0.2) is 0 Å². The van der Waals surface area contributed by atoms with E-state index in [1.807, 2.05) is 0 Å². The van der Waals surface area contributed by atoms with E-state index in [4.69, 9.17) is 0 Å². The van der Waals surface area contributed by atoms with Gasteiger partial charge in [0.15, 0.2) is 0 Å². The summed E-state index contributed by atoms with van der Waals surface area (Å²) in [5.41, 5.74) is 0. The fourth-order valence-electron chi connectivity index (χ4n) is 2.05. The molecule has 1 atom stereocenters. The molecule has 0 heterocycles. The number of hydrogen-bond donors (Lipinski definition) is 1. The minimum absolute atomic E-state index is 0.216. The minimum atomic E-state index is -0.216. The monoisotopic (exact) mass is 249 g/mol. The molecule has 0 spiro atoms. The molecule has 0 aromatic rings. The molecule has 1 aliphatic rings. The van der Waals surface area contributed by atoms with Crippen molar-refractivity contribution < 1.29 is 5.11 Å². The number of alkyl halides is 1. The fraction of sp³-hybridized carbons (Fsp3) is 1.00. The maximum absolute atomic E-state index is 9.47. The van der Waals surface area contributed by atoms with E-state index >= 15 is 0 Å². The SMILES string of the molecule is CN(CC(O)CBr)C1CCCCC1. The van der Waals surface area contributed by atoms with E-state index in [0.29, 0.717) is 11.4 Å². The van der Waals surface area contributed by atoms with Gasteiger partial charge in [-0.25, -0.2) is 0 Å². The van der Waals surface area contributed by atoms with E-state index in [9.17, 15) is 5.11 Å². The average Bonchev–Trinajstić information content (AvgIpc) is 2.19. The normalized spacial score (nSPS) is 22.2. The van der Waals surface area contributed by atoms with E-state index in [2.05, 4.69) is 27.9 Å². The van der Waals surface area contributed by atoms with Gasteiger partial charge in [0.05, 0.1) is 6.10 Å². The van der Waals surface area contributed by atoms with Crippen LogP contribution >= 0.6 is 15.9 Å². The summed E-state index contributed by atoms with van der Waals surface area (Å²) in [6.45, 7) is 0.802. The highest BCUT2D eigenvalue weighted by atomic mass is 79.9. The van der Waals surface area contributed by atoms with E-state index in [0.717, 1.165) is 6.54 Å². The first-order valence-electron chi connectivity index (χ1n) is 5.18. The number of rotatable bonds is 4. The van der Waals surface area contributed by atoms with Gasteiger partial charge < -0.3 is 10.0 Å². The number of aliphatic hydroxyl groups is 1. The molecule has 0 saturated heterocycles. The van der Waals surface area contributed by atoms with Gasteiger partial charge >= 0.3 is 0 Å². The van der Waals surface area contributed by atoms with Crippen LogP contribution in [-0.2, 0) is 0 Å². The van der Waals surface area contributed by atoms with Crippen molar-refractivity contribution in [3.05, 3.63) is 0 Å². The van der Waals surface area contributed by atoms with Gasteiger partial charge in [-0.15, -0.1) is 0 Å². The maximum Gasteiger partial charge on any atom is 0.0763 e. The van der Waals surface area contributed by atoms with Gasteiger partial charge in [-0.1, -0.05) is 35.2 Å². The van der Waals surface area contributed by atoms with Crippen LogP contribution in [0.3, 0.4) is 0 Å². The Balaban J connectivity index is 2.24.